The van der Waals surface area contributed by atoms with Crippen molar-refractivity contribution in [2.45, 2.75) is 38.6 Å². The molecular formula is C13H22N4O. The molecule has 1 aromatic heterocycles. The minimum Gasteiger partial charge on any atom is -0.383 e. The second-order valence-corrected chi connectivity index (χ2v) is 5.40. The molecule has 1 aliphatic rings. The lowest BCUT2D eigenvalue weighted by molar-refractivity contribution is 0.0680. The van der Waals surface area contributed by atoms with Gasteiger partial charge in [0.25, 0.3) is 5.91 Å². The second-order valence-electron chi connectivity index (χ2n) is 5.40. The Morgan fingerprint density at radius 3 is 2.56 bits per heavy atom. The van der Waals surface area contributed by atoms with E-state index in [1.165, 1.54) is 17.5 Å². The summed E-state index contributed by atoms with van der Waals surface area (Å²) in [6.07, 6.45) is 6.13. The van der Waals surface area contributed by atoms with Gasteiger partial charge in [-0.15, -0.1) is 0 Å². The largest absolute Gasteiger partial charge is 0.383 e. The zero-order valence-electron chi connectivity index (χ0n) is 11.4. The van der Waals surface area contributed by atoms with Gasteiger partial charge in [-0.2, -0.15) is 5.10 Å². The first-order chi connectivity index (χ1) is 8.50. The fourth-order valence-electron chi connectivity index (χ4n) is 2.60. The second kappa shape index (κ2) is 5.00. The molecule has 1 aromatic rings. The monoisotopic (exact) mass is 250 g/mol. The molecule has 1 amide bonds. The first-order valence-electron chi connectivity index (χ1n) is 6.55. The van der Waals surface area contributed by atoms with Crippen LogP contribution in [0.4, 0.5) is 5.82 Å². The summed E-state index contributed by atoms with van der Waals surface area (Å²) in [6.45, 7) is 2.27. The molecule has 0 aromatic carbocycles. The summed E-state index contributed by atoms with van der Waals surface area (Å²) in [7, 11) is 3.61. The van der Waals surface area contributed by atoms with Crippen molar-refractivity contribution < 1.29 is 4.79 Å². The van der Waals surface area contributed by atoms with Gasteiger partial charge >= 0.3 is 0 Å². The van der Waals surface area contributed by atoms with E-state index in [1.807, 2.05) is 11.9 Å². The van der Waals surface area contributed by atoms with Gasteiger partial charge in [-0.3, -0.25) is 9.48 Å². The van der Waals surface area contributed by atoms with Crippen LogP contribution in [0.1, 0.15) is 43.0 Å². The van der Waals surface area contributed by atoms with E-state index >= 15 is 0 Å². The third-order valence-corrected chi connectivity index (χ3v) is 4.07. The predicted molar refractivity (Wildman–Crippen MR) is 71.1 cm³/mol. The summed E-state index contributed by atoms with van der Waals surface area (Å²) >= 11 is 0. The molecule has 0 bridgehead atoms. The maximum Gasteiger partial charge on any atom is 0.259 e. The van der Waals surface area contributed by atoms with Crippen LogP contribution in [0.2, 0.25) is 0 Å². The number of aromatic nitrogens is 2. The highest BCUT2D eigenvalue weighted by molar-refractivity contribution is 5.98. The van der Waals surface area contributed by atoms with Crippen molar-refractivity contribution in [1.29, 1.82) is 0 Å². The Hall–Kier alpha value is -1.52. The highest BCUT2D eigenvalue weighted by Crippen LogP contribution is 2.27. The summed E-state index contributed by atoms with van der Waals surface area (Å²) in [6, 6.07) is 0.341. The molecule has 0 unspecified atom stereocenters. The lowest BCUT2D eigenvalue weighted by Crippen LogP contribution is -2.39. The third-order valence-electron chi connectivity index (χ3n) is 4.07. The predicted octanol–water partition coefficient (Wildman–Crippen LogP) is 1.65. The van der Waals surface area contributed by atoms with Gasteiger partial charge in [-0.1, -0.05) is 6.92 Å². The highest BCUT2D eigenvalue weighted by Gasteiger charge is 2.27. The number of carbonyl (C=O) groups is 1. The van der Waals surface area contributed by atoms with Crippen LogP contribution in [0.15, 0.2) is 6.20 Å². The van der Waals surface area contributed by atoms with E-state index in [4.69, 9.17) is 5.73 Å². The summed E-state index contributed by atoms with van der Waals surface area (Å²) < 4.78 is 1.53. The molecule has 2 N–H and O–H groups in total. The van der Waals surface area contributed by atoms with Crippen LogP contribution in [-0.4, -0.2) is 33.7 Å². The number of anilines is 1. The summed E-state index contributed by atoms with van der Waals surface area (Å²) in [5.41, 5.74) is 6.36. The molecule has 100 valence electrons. The van der Waals surface area contributed by atoms with Gasteiger partial charge in [0, 0.05) is 20.1 Å². The topological polar surface area (TPSA) is 64.2 Å². The molecule has 18 heavy (non-hydrogen) atoms. The Kier molecular flexibility index (Phi) is 3.59. The maximum atomic E-state index is 12.4. The SMILES string of the molecule is CC1CCC(N(C)C(=O)c2cnn(C)c2N)CC1. The summed E-state index contributed by atoms with van der Waals surface area (Å²) in [5, 5.41) is 4.02. The number of rotatable bonds is 2. The van der Waals surface area contributed by atoms with Crippen LogP contribution in [0.5, 0.6) is 0 Å². The minimum absolute atomic E-state index is 0.0137. The maximum absolute atomic E-state index is 12.4. The zero-order chi connectivity index (χ0) is 13.3. The van der Waals surface area contributed by atoms with Gasteiger partial charge < -0.3 is 10.6 Å². The number of nitrogens with zero attached hydrogens (tertiary/aromatic N) is 3. The molecule has 0 aliphatic heterocycles. The Bertz CT molecular complexity index is 432. The molecule has 2 rings (SSSR count). The van der Waals surface area contributed by atoms with Crippen molar-refractivity contribution in [2.24, 2.45) is 13.0 Å². The summed E-state index contributed by atoms with van der Waals surface area (Å²) in [5.74, 6) is 1.21. The number of amides is 1. The van der Waals surface area contributed by atoms with Gasteiger partial charge in [-0.05, 0) is 31.6 Å². The molecule has 5 nitrogen and oxygen atoms in total. The number of nitrogen functional groups attached to an aromatic ring is 1. The molecule has 0 atom stereocenters. The van der Waals surface area contributed by atoms with E-state index in [-0.39, 0.29) is 5.91 Å². The lowest BCUT2D eigenvalue weighted by Gasteiger charge is -2.33. The average molecular weight is 250 g/mol. The number of hydrogen-bond acceptors (Lipinski definition) is 3. The van der Waals surface area contributed by atoms with E-state index in [0.29, 0.717) is 17.4 Å². The van der Waals surface area contributed by atoms with E-state index in [0.717, 1.165) is 18.8 Å². The zero-order valence-corrected chi connectivity index (χ0v) is 11.4. The van der Waals surface area contributed by atoms with Crippen molar-refractivity contribution in [3.63, 3.8) is 0 Å². The number of hydrogen-bond donors (Lipinski definition) is 1. The highest BCUT2D eigenvalue weighted by atomic mass is 16.2. The average Bonchev–Trinajstić information content (AvgIpc) is 2.69. The Morgan fingerprint density at radius 1 is 1.44 bits per heavy atom. The molecule has 1 aliphatic carbocycles. The molecule has 5 heteroatoms. The molecule has 0 saturated heterocycles. The van der Waals surface area contributed by atoms with E-state index in [1.54, 1.807) is 13.2 Å². The van der Waals surface area contributed by atoms with Crippen molar-refractivity contribution in [1.82, 2.24) is 14.7 Å². The van der Waals surface area contributed by atoms with Gasteiger partial charge in [0.15, 0.2) is 0 Å². The standard InChI is InChI=1S/C13H22N4O/c1-9-4-6-10(7-5-9)16(2)13(18)11-8-15-17(3)12(11)14/h8-10H,4-7,14H2,1-3H3. The number of carbonyl (C=O) groups excluding carboxylic acids is 1. The van der Waals surface area contributed by atoms with Crippen molar-refractivity contribution in [2.75, 3.05) is 12.8 Å². The number of nitrogens with two attached hydrogens (primary N) is 1. The lowest BCUT2D eigenvalue weighted by atomic mass is 9.86. The quantitative estimate of drug-likeness (QED) is 0.868. The van der Waals surface area contributed by atoms with Crippen LogP contribution in [0.25, 0.3) is 0 Å². The van der Waals surface area contributed by atoms with E-state index in [9.17, 15) is 4.79 Å². The van der Waals surface area contributed by atoms with Crippen molar-refractivity contribution >= 4 is 11.7 Å². The Balaban J connectivity index is 2.07. The first kappa shape index (κ1) is 12.9. The summed E-state index contributed by atoms with van der Waals surface area (Å²) in [4.78, 5) is 14.2. The van der Waals surface area contributed by atoms with Crippen LogP contribution in [-0.2, 0) is 7.05 Å². The minimum atomic E-state index is -0.0137. The smallest absolute Gasteiger partial charge is 0.259 e. The van der Waals surface area contributed by atoms with Gasteiger partial charge in [0.2, 0.25) is 0 Å². The van der Waals surface area contributed by atoms with Crippen molar-refractivity contribution in [3.05, 3.63) is 11.8 Å². The molecule has 0 spiro atoms. The Labute approximate surface area is 108 Å². The van der Waals surface area contributed by atoms with Gasteiger partial charge in [-0.25, -0.2) is 0 Å². The molecule has 1 fully saturated rings. The van der Waals surface area contributed by atoms with E-state index in [2.05, 4.69) is 12.0 Å². The van der Waals surface area contributed by atoms with Crippen molar-refractivity contribution in [3.8, 4) is 0 Å². The fraction of sp³-hybridized carbons (Fsp3) is 0.692. The first-order valence-corrected chi connectivity index (χ1v) is 6.55. The van der Waals surface area contributed by atoms with Gasteiger partial charge in [0.05, 0.1) is 6.20 Å². The molecule has 1 saturated carbocycles. The fourth-order valence-corrected chi connectivity index (χ4v) is 2.60. The molecule has 1 heterocycles. The van der Waals surface area contributed by atoms with Crippen LogP contribution < -0.4 is 5.73 Å². The Morgan fingerprint density at radius 2 is 2.06 bits per heavy atom. The van der Waals surface area contributed by atoms with Crippen LogP contribution >= 0.6 is 0 Å². The van der Waals surface area contributed by atoms with Crippen LogP contribution in [0, 0.1) is 5.92 Å². The molecular weight excluding hydrogens is 228 g/mol. The molecule has 0 radical (unpaired) electrons. The number of aryl methyl sites for hydroxylation is 1. The van der Waals surface area contributed by atoms with Crippen LogP contribution in [0.3, 0.4) is 0 Å². The normalized spacial score (nSPS) is 23.9. The van der Waals surface area contributed by atoms with Gasteiger partial charge in [0.1, 0.15) is 11.4 Å². The van der Waals surface area contributed by atoms with E-state index < -0.39 is 0 Å². The third kappa shape index (κ3) is 2.35.